The van der Waals surface area contributed by atoms with E-state index >= 15 is 0 Å². The molecule has 0 aromatic heterocycles. The van der Waals surface area contributed by atoms with Crippen LogP contribution in [0.2, 0.25) is 0 Å². The van der Waals surface area contributed by atoms with Gasteiger partial charge in [-0.05, 0) is 32.9 Å². The van der Waals surface area contributed by atoms with Gasteiger partial charge in [0.15, 0.2) is 0 Å². The topological polar surface area (TPSA) is 48.0 Å². The largest absolute Gasteiger partial charge is 0.493 e. The Kier molecular flexibility index (Phi) is 5.42. The van der Waals surface area contributed by atoms with E-state index in [0.717, 1.165) is 0 Å². The summed E-state index contributed by atoms with van der Waals surface area (Å²) in [6.45, 7) is 7.97. The summed E-state index contributed by atoms with van der Waals surface area (Å²) in [5.41, 5.74) is 0.204. The van der Waals surface area contributed by atoms with E-state index in [4.69, 9.17) is 14.2 Å². The van der Waals surface area contributed by atoms with E-state index in [2.05, 4.69) is 0 Å². The quantitative estimate of drug-likeness (QED) is 0.838. The zero-order valence-electron chi connectivity index (χ0n) is 13.8. The lowest BCUT2D eigenvalue weighted by Gasteiger charge is -2.42. The highest BCUT2D eigenvalue weighted by Gasteiger charge is 2.36. The molecule has 1 saturated heterocycles. The Morgan fingerprint density at radius 3 is 2.82 bits per heavy atom. The Hall–Kier alpha value is -1.59. The molecule has 1 atom stereocenters. The molecule has 1 aromatic rings. The highest BCUT2D eigenvalue weighted by Crippen LogP contribution is 2.26. The van der Waals surface area contributed by atoms with E-state index in [9.17, 15) is 4.79 Å². The lowest BCUT2D eigenvalue weighted by atomic mass is 10.0. The van der Waals surface area contributed by atoms with Crippen molar-refractivity contribution in [2.45, 2.75) is 32.5 Å². The number of hydrogen-bond acceptors (Lipinski definition) is 4. The standard InChI is InChI=1S/C17H25NO4/c1-5-21-15-9-7-6-8-14(15)16(19)18-10-13(11-20-4)22-17(2,3)12-18/h6-9,13H,5,10-12H2,1-4H3/t13-/m1/s1. The number of nitrogens with zero attached hydrogens (tertiary/aromatic N) is 1. The van der Waals surface area contributed by atoms with Crippen molar-refractivity contribution in [1.82, 2.24) is 4.90 Å². The molecule has 1 fully saturated rings. The summed E-state index contributed by atoms with van der Waals surface area (Å²) in [6, 6.07) is 7.36. The van der Waals surface area contributed by atoms with Crippen LogP contribution in [0.25, 0.3) is 0 Å². The Labute approximate surface area is 132 Å². The molecule has 1 heterocycles. The number of carbonyl (C=O) groups excluding carboxylic acids is 1. The summed E-state index contributed by atoms with van der Waals surface area (Å²) in [6.07, 6.45) is -0.114. The highest BCUT2D eigenvalue weighted by atomic mass is 16.5. The molecule has 0 spiro atoms. The van der Waals surface area contributed by atoms with Crippen LogP contribution in [0.4, 0.5) is 0 Å². The number of hydrogen-bond donors (Lipinski definition) is 0. The van der Waals surface area contributed by atoms with Crippen molar-refractivity contribution in [2.75, 3.05) is 33.4 Å². The zero-order valence-corrected chi connectivity index (χ0v) is 13.8. The molecule has 2 rings (SSSR count). The van der Waals surface area contributed by atoms with E-state index in [1.807, 2.05) is 43.9 Å². The smallest absolute Gasteiger partial charge is 0.257 e. The van der Waals surface area contributed by atoms with E-state index < -0.39 is 5.60 Å². The SMILES string of the molecule is CCOc1ccccc1C(=O)N1C[C@H](COC)OC(C)(C)C1. The van der Waals surface area contributed by atoms with E-state index in [1.54, 1.807) is 13.2 Å². The molecule has 0 bridgehead atoms. The number of methoxy groups -OCH3 is 1. The van der Waals surface area contributed by atoms with Gasteiger partial charge in [0.2, 0.25) is 0 Å². The normalized spacial score (nSPS) is 20.7. The number of morpholine rings is 1. The summed E-state index contributed by atoms with van der Waals surface area (Å²) in [4.78, 5) is 14.7. The van der Waals surface area contributed by atoms with Crippen LogP contribution in [-0.4, -0.2) is 55.9 Å². The molecule has 0 saturated carbocycles. The van der Waals surface area contributed by atoms with Gasteiger partial charge in [-0.2, -0.15) is 0 Å². The second kappa shape index (κ2) is 7.11. The molecule has 122 valence electrons. The fourth-order valence-electron chi connectivity index (χ4n) is 2.82. The Morgan fingerprint density at radius 2 is 2.14 bits per heavy atom. The molecule has 1 amide bonds. The molecule has 0 radical (unpaired) electrons. The van der Waals surface area contributed by atoms with Crippen LogP contribution >= 0.6 is 0 Å². The monoisotopic (exact) mass is 307 g/mol. The highest BCUT2D eigenvalue weighted by molar-refractivity contribution is 5.97. The lowest BCUT2D eigenvalue weighted by Crippen LogP contribution is -2.55. The predicted molar refractivity (Wildman–Crippen MR) is 84.3 cm³/mol. The molecule has 0 unspecified atom stereocenters. The van der Waals surface area contributed by atoms with Crippen molar-refractivity contribution in [3.8, 4) is 5.75 Å². The van der Waals surface area contributed by atoms with Crippen LogP contribution in [-0.2, 0) is 9.47 Å². The van der Waals surface area contributed by atoms with Gasteiger partial charge in [-0.25, -0.2) is 0 Å². The number of rotatable bonds is 5. The second-order valence-electron chi connectivity index (χ2n) is 6.07. The van der Waals surface area contributed by atoms with Crippen molar-refractivity contribution >= 4 is 5.91 Å². The Bertz CT molecular complexity index is 515. The minimum Gasteiger partial charge on any atom is -0.493 e. The number of para-hydroxylation sites is 1. The van der Waals surface area contributed by atoms with E-state index in [0.29, 0.717) is 37.6 Å². The average molecular weight is 307 g/mol. The van der Waals surface area contributed by atoms with Crippen LogP contribution in [0.3, 0.4) is 0 Å². The first-order valence-corrected chi connectivity index (χ1v) is 7.64. The maximum atomic E-state index is 12.9. The van der Waals surface area contributed by atoms with E-state index in [1.165, 1.54) is 0 Å². The van der Waals surface area contributed by atoms with Gasteiger partial charge in [0.25, 0.3) is 5.91 Å². The summed E-state index contributed by atoms with van der Waals surface area (Å²) in [7, 11) is 1.64. The van der Waals surface area contributed by atoms with Gasteiger partial charge in [-0.1, -0.05) is 12.1 Å². The zero-order chi connectivity index (χ0) is 16.2. The van der Waals surface area contributed by atoms with Gasteiger partial charge >= 0.3 is 0 Å². The number of amides is 1. The molecule has 1 aromatic carbocycles. The van der Waals surface area contributed by atoms with Crippen molar-refractivity contribution in [2.24, 2.45) is 0 Å². The second-order valence-corrected chi connectivity index (χ2v) is 6.07. The number of carbonyl (C=O) groups is 1. The van der Waals surface area contributed by atoms with Crippen LogP contribution in [0, 0.1) is 0 Å². The van der Waals surface area contributed by atoms with Gasteiger partial charge in [-0.3, -0.25) is 4.79 Å². The fourth-order valence-corrected chi connectivity index (χ4v) is 2.82. The summed E-state index contributed by atoms with van der Waals surface area (Å²) < 4.78 is 16.7. The third-order valence-corrected chi connectivity index (χ3v) is 3.54. The third kappa shape index (κ3) is 3.99. The predicted octanol–water partition coefficient (Wildman–Crippen LogP) is 2.35. The first-order valence-electron chi connectivity index (χ1n) is 7.64. The molecular formula is C17H25NO4. The molecule has 1 aliphatic rings. The number of benzene rings is 1. The minimum absolute atomic E-state index is 0.0264. The van der Waals surface area contributed by atoms with Crippen LogP contribution in [0.5, 0.6) is 5.75 Å². The summed E-state index contributed by atoms with van der Waals surface area (Å²) in [5.74, 6) is 0.601. The van der Waals surface area contributed by atoms with Crippen LogP contribution in [0.1, 0.15) is 31.1 Å². The molecule has 0 N–H and O–H groups in total. The third-order valence-electron chi connectivity index (χ3n) is 3.54. The van der Waals surface area contributed by atoms with Gasteiger partial charge in [0.05, 0.1) is 30.5 Å². The van der Waals surface area contributed by atoms with Gasteiger partial charge in [0.1, 0.15) is 5.75 Å². The fraction of sp³-hybridized carbons (Fsp3) is 0.588. The molecule has 5 heteroatoms. The maximum absolute atomic E-state index is 12.9. The van der Waals surface area contributed by atoms with Crippen LogP contribution < -0.4 is 4.74 Å². The average Bonchev–Trinajstić information content (AvgIpc) is 2.46. The van der Waals surface area contributed by atoms with Crippen molar-refractivity contribution in [1.29, 1.82) is 0 Å². The molecule has 5 nitrogen and oxygen atoms in total. The van der Waals surface area contributed by atoms with E-state index in [-0.39, 0.29) is 12.0 Å². The minimum atomic E-state index is -0.391. The van der Waals surface area contributed by atoms with Gasteiger partial charge in [0, 0.05) is 20.2 Å². The molecule has 1 aliphatic heterocycles. The molecular weight excluding hydrogens is 282 g/mol. The Balaban J connectivity index is 2.21. The summed E-state index contributed by atoms with van der Waals surface area (Å²) in [5, 5.41) is 0. The lowest BCUT2D eigenvalue weighted by molar-refractivity contribution is -0.143. The number of ether oxygens (including phenoxy) is 3. The van der Waals surface area contributed by atoms with Crippen molar-refractivity contribution < 1.29 is 19.0 Å². The van der Waals surface area contributed by atoms with Crippen molar-refractivity contribution in [3.63, 3.8) is 0 Å². The first-order chi connectivity index (χ1) is 10.5. The van der Waals surface area contributed by atoms with Gasteiger partial charge in [-0.15, -0.1) is 0 Å². The first kappa shape index (κ1) is 16.8. The van der Waals surface area contributed by atoms with Crippen LogP contribution in [0.15, 0.2) is 24.3 Å². The van der Waals surface area contributed by atoms with Gasteiger partial charge < -0.3 is 19.1 Å². The summed E-state index contributed by atoms with van der Waals surface area (Å²) >= 11 is 0. The van der Waals surface area contributed by atoms with Crippen molar-refractivity contribution in [3.05, 3.63) is 29.8 Å². The Morgan fingerprint density at radius 1 is 1.41 bits per heavy atom. The maximum Gasteiger partial charge on any atom is 0.257 e. The molecule has 22 heavy (non-hydrogen) atoms. The molecule has 0 aliphatic carbocycles.